The first-order valence-corrected chi connectivity index (χ1v) is 8.22. The number of hydrogen-bond acceptors (Lipinski definition) is 3. The second kappa shape index (κ2) is 5.93. The van der Waals surface area contributed by atoms with Crippen LogP contribution in [-0.4, -0.2) is 21.1 Å². The molecule has 0 aromatic heterocycles. The molecule has 21 heavy (non-hydrogen) atoms. The highest BCUT2D eigenvalue weighted by Crippen LogP contribution is 2.29. The lowest BCUT2D eigenvalue weighted by atomic mass is 9.82. The van der Waals surface area contributed by atoms with Crippen molar-refractivity contribution >= 4 is 10.0 Å². The van der Waals surface area contributed by atoms with Crippen molar-refractivity contribution in [3.8, 4) is 5.75 Å². The second-order valence-electron chi connectivity index (χ2n) is 7.02. The van der Waals surface area contributed by atoms with Gasteiger partial charge in [0.25, 0.3) is 0 Å². The number of methoxy groups -OCH3 is 1. The lowest BCUT2D eigenvalue weighted by Crippen LogP contribution is -2.45. The summed E-state index contributed by atoms with van der Waals surface area (Å²) in [4.78, 5) is -0.0114. The number of sulfonamides is 1. The number of halogens is 1. The van der Waals surface area contributed by atoms with Crippen LogP contribution in [0.4, 0.5) is 4.39 Å². The van der Waals surface area contributed by atoms with Gasteiger partial charge in [-0.3, -0.25) is 0 Å². The van der Waals surface area contributed by atoms with Crippen molar-refractivity contribution in [2.45, 2.75) is 51.5 Å². The lowest BCUT2D eigenvalue weighted by Gasteiger charge is -2.33. The number of ether oxygens (including phenoxy) is 1. The summed E-state index contributed by atoms with van der Waals surface area (Å²) in [5, 5.41) is 0. The van der Waals surface area contributed by atoms with Gasteiger partial charge in [-0.2, -0.15) is 0 Å². The van der Waals surface area contributed by atoms with Gasteiger partial charge in [0.2, 0.25) is 10.0 Å². The van der Waals surface area contributed by atoms with E-state index in [1.54, 1.807) is 0 Å². The van der Waals surface area contributed by atoms with Crippen molar-refractivity contribution in [2.75, 3.05) is 7.11 Å². The monoisotopic (exact) mass is 317 g/mol. The molecule has 1 N–H and O–H groups in total. The maximum absolute atomic E-state index is 13.4. The number of rotatable bonds is 5. The third-order valence-corrected chi connectivity index (χ3v) is 4.51. The molecule has 0 heterocycles. The van der Waals surface area contributed by atoms with E-state index in [4.69, 9.17) is 4.74 Å². The molecule has 0 atom stereocenters. The van der Waals surface area contributed by atoms with Crippen molar-refractivity contribution in [1.82, 2.24) is 4.72 Å². The van der Waals surface area contributed by atoms with Gasteiger partial charge in [0, 0.05) is 11.6 Å². The fourth-order valence-corrected chi connectivity index (χ4v) is 4.02. The van der Waals surface area contributed by atoms with Crippen LogP contribution < -0.4 is 9.46 Å². The van der Waals surface area contributed by atoms with Crippen molar-refractivity contribution in [2.24, 2.45) is 5.41 Å². The Morgan fingerprint density at radius 1 is 1.19 bits per heavy atom. The van der Waals surface area contributed by atoms with Gasteiger partial charge in [-0.05, 0) is 37.8 Å². The molecule has 0 saturated heterocycles. The molecule has 1 aromatic carbocycles. The van der Waals surface area contributed by atoms with E-state index in [1.807, 2.05) is 34.6 Å². The summed E-state index contributed by atoms with van der Waals surface area (Å²) in [6, 6.07) is 3.50. The molecule has 0 fully saturated rings. The van der Waals surface area contributed by atoms with Crippen LogP contribution in [0.5, 0.6) is 5.75 Å². The average molecular weight is 317 g/mol. The van der Waals surface area contributed by atoms with E-state index >= 15 is 0 Å². The Morgan fingerprint density at radius 2 is 1.76 bits per heavy atom. The molecular weight excluding hydrogens is 293 g/mol. The first-order valence-electron chi connectivity index (χ1n) is 6.74. The summed E-state index contributed by atoms with van der Waals surface area (Å²) in [5.74, 6) is -0.683. The molecule has 0 aliphatic rings. The van der Waals surface area contributed by atoms with Gasteiger partial charge < -0.3 is 4.74 Å². The Kier molecular flexibility index (Phi) is 5.05. The molecular formula is C15H24FNO3S. The Hall–Kier alpha value is -1.14. The molecule has 0 bridgehead atoms. The van der Waals surface area contributed by atoms with Crippen LogP contribution in [0.1, 0.15) is 41.0 Å². The normalized spacial score (nSPS) is 13.3. The summed E-state index contributed by atoms with van der Waals surface area (Å²) >= 11 is 0. The summed E-state index contributed by atoms with van der Waals surface area (Å²) in [6.45, 7) is 9.80. The molecule has 6 heteroatoms. The quantitative estimate of drug-likeness (QED) is 0.906. The van der Waals surface area contributed by atoms with Gasteiger partial charge >= 0.3 is 0 Å². The Balaban J connectivity index is 3.07. The lowest BCUT2D eigenvalue weighted by molar-refractivity contribution is 0.269. The van der Waals surface area contributed by atoms with Gasteiger partial charge in [-0.25, -0.2) is 17.5 Å². The zero-order valence-electron chi connectivity index (χ0n) is 13.5. The van der Waals surface area contributed by atoms with E-state index in [1.165, 1.54) is 19.2 Å². The largest absolute Gasteiger partial charge is 0.494 e. The molecule has 120 valence electrons. The van der Waals surface area contributed by atoms with E-state index in [2.05, 4.69) is 4.72 Å². The van der Waals surface area contributed by atoms with E-state index in [0.29, 0.717) is 6.42 Å². The van der Waals surface area contributed by atoms with E-state index < -0.39 is 21.4 Å². The predicted molar refractivity (Wildman–Crippen MR) is 81.4 cm³/mol. The molecule has 0 amide bonds. The van der Waals surface area contributed by atoms with Gasteiger partial charge in [-0.15, -0.1) is 0 Å². The molecule has 0 aliphatic heterocycles. The Morgan fingerprint density at radius 3 is 2.24 bits per heavy atom. The predicted octanol–water partition coefficient (Wildman–Crippen LogP) is 3.33. The second-order valence-corrected chi connectivity index (χ2v) is 8.71. The average Bonchev–Trinajstić information content (AvgIpc) is 2.24. The van der Waals surface area contributed by atoms with Crippen molar-refractivity contribution in [1.29, 1.82) is 0 Å². The molecule has 0 saturated carbocycles. The van der Waals surface area contributed by atoms with Gasteiger partial charge in [0.1, 0.15) is 0 Å². The smallest absolute Gasteiger partial charge is 0.241 e. The van der Waals surface area contributed by atoms with Crippen molar-refractivity contribution < 1.29 is 17.5 Å². The molecule has 4 nitrogen and oxygen atoms in total. The topological polar surface area (TPSA) is 55.4 Å². The minimum absolute atomic E-state index is 0.0114. The first kappa shape index (κ1) is 17.9. The zero-order chi connectivity index (χ0) is 16.5. The van der Waals surface area contributed by atoms with Crippen molar-refractivity contribution in [3.05, 3.63) is 24.0 Å². The third kappa shape index (κ3) is 5.28. The zero-order valence-corrected chi connectivity index (χ0v) is 14.3. The highest BCUT2D eigenvalue weighted by molar-refractivity contribution is 7.89. The van der Waals surface area contributed by atoms with Crippen LogP contribution in [-0.2, 0) is 10.0 Å². The SMILES string of the molecule is COc1cc(S(=O)(=O)NC(C)(C)CC(C)(C)C)ccc1F. The van der Waals surface area contributed by atoms with Crippen LogP contribution >= 0.6 is 0 Å². The first-order chi connectivity index (χ1) is 9.36. The van der Waals surface area contributed by atoms with E-state index in [0.717, 1.165) is 6.07 Å². The third-order valence-electron chi connectivity index (χ3n) is 2.82. The molecule has 0 unspecified atom stereocenters. The van der Waals surface area contributed by atoms with Crippen LogP contribution in [0, 0.1) is 11.2 Å². The van der Waals surface area contributed by atoms with Crippen LogP contribution in [0.25, 0.3) is 0 Å². The maximum atomic E-state index is 13.4. The van der Waals surface area contributed by atoms with E-state index in [-0.39, 0.29) is 16.1 Å². The highest BCUT2D eigenvalue weighted by Gasteiger charge is 2.30. The summed E-state index contributed by atoms with van der Waals surface area (Å²) < 4.78 is 45.7. The minimum Gasteiger partial charge on any atom is -0.494 e. The van der Waals surface area contributed by atoms with Crippen LogP contribution in [0.15, 0.2) is 23.1 Å². The molecule has 1 aromatic rings. The molecule has 1 rings (SSSR count). The molecule has 0 radical (unpaired) electrons. The fourth-order valence-electron chi connectivity index (χ4n) is 2.59. The number of benzene rings is 1. The molecule has 0 aliphatic carbocycles. The standard InChI is InChI=1S/C15H24FNO3S/c1-14(2,3)10-15(4,5)17-21(18,19)11-7-8-12(16)13(9-11)20-6/h7-9,17H,10H2,1-6H3. The highest BCUT2D eigenvalue weighted by atomic mass is 32.2. The summed E-state index contributed by atoms with van der Waals surface area (Å²) in [5.41, 5.74) is -0.634. The Bertz CT molecular complexity index is 604. The number of nitrogens with one attached hydrogen (secondary N) is 1. The van der Waals surface area contributed by atoms with Crippen LogP contribution in [0.3, 0.4) is 0 Å². The maximum Gasteiger partial charge on any atom is 0.241 e. The van der Waals surface area contributed by atoms with Crippen LogP contribution in [0.2, 0.25) is 0 Å². The molecule has 0 spiro atoms. The minimum atomic E-state index is -3.74. The summed E-state index contributed by atoms with van der Waals surface area (Å²) in [6.07, 6.45) is 0.664. The van der Waals surface area contributed by atoms with E-state index in [9.17, 15) is 12.8 Å². The number of hydrogen-bond donors (Lipinski definition) is 1. The Labute approximate surface area is 126 Å². The summed E-state index contributed by atoms with van der Waals surface area (Å²) in [7, 11) is -2.44. The van der Waals surface area contributed by atoms with Gasteiger partial charge in [-0.1, -0.05) is 20.8 Å². The van der Waals surface area contributed by atoms with Gasteiger partial charge in [0.15, 0.2) is 11.6 Å². The van der Waals surface area contributed by atoms with Gasteiger partial charge in [0.05, 0.1) is 12.0 Å². The van der Waals surface area contributed by atoms with Crippen molar-refractivity contribution in [3.63, 3.8) is 0 Å². The fraction of sp³-hybridized carbons (Fsp3) is 0.600.